The number of amides is 1. The molecular formula is C27H31N5O2S. The molecule has 1 amide bonds. The van der Waals surface area contributed by atoms with Gasteiger partial charge >= 0.3 is 0 Å². The van der Waals surface area contributed by atoms with Crippen molar-refractivity contribution < 1.29 is 9.53 Å². The Hall–Kier alpha value is -3.00. The number of nitrogens with one attached hydrogen (secondary N) is 2. The second-order valence-electron chi connectivity index (χ2n) is 10.7. The number of ether oxygens (including phenoxy) is 1. The van der Waals surface area contributed by atoms with Gasteiger partial charge in [0.1, 0.15) is 16.8 Å². The van der Waals surface area contributed by atoms with Crippen molar-refractivity contribution in [2.24, 2.45) is 23.2 Å². The minimum atomic E-state index is 0.0342. The van der Waals surface area contributed by atoms with Crippen LogP contribution in [0.3, 0.4) is 0 Å². The Balaban J connectivity index is 1.09. The second-order valence-corrected chi connectivity index (χ2v) is 11.1. The molecule has 0 radical (unpaired) electrons. The van der Waals surface area contributed by atoms with Gasteiger partial charge in [-0.2, -0.15) is 4.80 Å². The van der Waals surface area contributed by atoms with E-state index >= 15 is 0 Å². The fourth-order valence-corrected chi connectivity index (χ4v) is 7.36. The third-order valence-corrected chi connectivity index (χ3v) is 8.17. The average molecular weight is 490 g/mol. The summed E-state index contributed by atoms with van der Waals surface area (Å²) < 4.78 is 5.50. The van der Waals surface area contributed by atoms with E-state index in [9.17, 15) is 4.79 Å². The van der Waals surface area contributed by atoms with E-state index in [0.29, 0.717) is 18.1 Å². The number of carbonyl (C=O) groups is 1. The zero-order valence-electron chi connectivity index (χ0n) is 20.0. The van der Waals surface area contributed by atoms with Crippen LogP contribution in [-0.4, -0.2) is 32.6 Å². The number of nitrogens with zero attached hydrogens (tertiary/aromatic N) is 3. The summed E-state index contributed by atoms with van der Waals surface area (Å²) in [4.78, 5) is 14.5. The maximum atomic E-state index is 12.9. The minimum Gasteiger partial charge on any atom is -0.494 e. The van der Waals surface area contributed by atoms with Crippen LogP contribution in [0.25, 0.3) is 16.7 Å². The Morgan fingerprint density at radius 1 is 1.03 bits per heavy atom. The number of rotatable bonds is 6. The molecule has 4 aliphatic carbocycles. The highest BCUT2D eigenvalue weighted by Gasteiger charge is 2.51. The molecule has 4 fully saturated rings. The molecule has 0 unspecified atom stereocenters. The second kappa shape index (κ2) is 8.90. The van der Waals surface area contributed by atoms with Crippen molar-refractivity contribution in [2.75, 3.05) is 11.9 Å². The predicted octanol–water partition coefficient (Wildman–Crippen LogP) is 5.24. The summed E-state index contributed by atoms with van der Waals surface area (Å²) in [5, 5.41) is 15.6. The standard InChI is InChI=1S/C27H31N5O2S/c1-2-34-22-6-4-21(5-7-22)32-30-23-8-3-20(12-24(23)31-32)28-26(35)29-25(33)16-27-13-17-9-18(14-27)11-19(10-17)15-27/h3-8,12,17-19H,2,9-11,13-16H2,1H3,(H2,28,29,33,35). The zero-order chi connectivity index (χ0) is 24.0. The van der Waals surface area contributed by atoms with Crippen molar-refractivity contribution in [3.05, 3.63) is 42.5 Å². The van der Waals surface area contributed by atoms with Crippen molar-refractivity contribution in [1.82, 2.24) is 20.3 Å². The number of anilines is 1. The molecule has 1 heterocycles. The highest BCUT2D eigenvalue weighted by molar-refractivity contribution is 7.80. The molecule has 4 bridgehead atoms. The normalized spacial score (nSPS) is 26.6. The van der Waals surface area contributed by atoms with Gasteiger partial charge in [-0.3, -0.25) is 4.79 Å². The Kier molecular flexibility index (Phi) is 5.71. The Morgan fingerprint density at radius 3 is 2.34 bits per heavy atom. The molecule has 1 aromatic heterocycles. The van der Waals surface area contributed by atoms with Gasteiger partial charge in [0, 0.05) is 12.1 Å². The Morgan fingerprint density at radius 2 is 1.69 bits per heavy atom. The molecule has 2 aromatic carbocycles. The fraction of sp³-hybridized carbons (Fsp3) is 0.481. The first-order chi connectivity index (χ1) is 17.0. The molecule has 0 aliphatic heterocycles. The van der Waals surface area contributed by atoms with Gasteiger partial charge in [-0.25, -0.2) is 0 Å². The fourth-order valence-electron chi connectivity index (χ4n) is 7.13. The van der Waals surface area contributed by atoms with E-state index in [2.05, 4.69) is 20.8 Å². The molecule has 4 saturated carbocycles. The molecule has 0 saturated heterocycles. The van der Waals surface area contributed by atoms with Crippen LogP contribution in [0.5, 0.6) is 5.75 Å². The van der Waals surface area contributed by atoms with Crippen molar-refractivity contribution in [1.29, 1.82) is 0 Å². The van der Waals surface area contributed by atoms with E-state index in [1.54, 1.807) is 4.80 Å². The lowest BCUT2D eigenvalue weighted by Crippen LogP contribution is -2.48. The summed E-state index contributed by atoms with van der Waals surface area (Å²) >= 11 is 5.46. The smallest absolute Gasteiger partial charge is 0.226 e. The number of fused-ring (bicyclic) bond motifs is 1. The van der Waals surface area contributed by atoms with Crippen LogP contribution in [-0.2, 0) is 4.79 Å². The summed E-state index contributed by atoms with van der Waals surface area (Å²) in [6, 6.07) is 13.4. The minimum absolute atomic E-state index is 0.0342. The van der Waals surface area contributed by atoms with E-state index < -0.39 is 0 Å². The van der Waals surface area contributed by atoms with Gasteiger partial charge in [0.15, 0.2) is 5.11 Å². The highest BCUT2D eigenvalue weighted by atomic mass is 32.1. The quantitative estimate of drug-likeness (QED) is 0.461. The van der Waals surface area contributed by atoms with Crippen LogP contribution in [0, 0.1) is 23.2 Å². The lowest BCUT2D eigenvalue weighted by Gasteiger charge is -2.56. The zero-order valence-corrected chi connectivity index (χ0v) is 20.8. The van der Waals surface area contributed by atoms with Crippen LogP contribution in [0.4, 0.5) is 5.69 Å². The number of benzene rings is 2. The third-order valence-electron chi connectivity index (χ3n) is 7.97. The van der Waals surface area contributed by atoms with Crippen LogP contribution in [0.15, 0.2) is 42.5 Å². The summed E-state index contributed by atoms with van der Waals surface area (Å²) in [5.41, 5.74) is 3.35. The van der Waals surface area contributed by atoms with Crippen molar-refractivity contribution >= 4 is 40.0 Å². The molecule has 4 aliphatic rings. The first kappa shape index (κ1) is 22.5. The van der Waals surface area contributed by atoms with Gasteiger partial charge in [0.05, 0.1) is 12.3 Å². The van der Waals surface area contributed by atoms with E-state index in [1.807, 2.05) is 49.4 Å². The van der Waals surface area contributed by atoms with Crippen molar-refractivity contribution in [2.45, 2.75) is 51.9 Å². The third kappa shape index (κ3) is 4.63. The monoisotopic (exact) mass is 489 g/mol. The Bertz CT molecular complexity index is 1230. The van der Waals surface area contributed by atoms with Gasteiger partial charge < -0.3 is 15.4 Å². The molecular weight excluding hydrogens is 458 g/mol. The lowest BCUT2D eigenvalue weighted by molar-refractivity contribution is -0.127. The molecule has 7 rings (SSSR count). The number of thiocarbonyl (C=S) groups is 1. The Labute approximate surface area is 210 Å². The summed E-state index contributed by atoms with van der Waals surface area (Å²) in [7, 11) is 0. The summed E-state index contributed by atoms with van der Waals surface area (Å²) in [6.07, 6.45) is 8.38. The van der Waals surface area contributed by atoms with Crippen LogP contribution in [0.1, 0.15) is 51.9 Å². The average Bonchev–Trinajstić information content (AvgIpc) is 3.21. The van der Waals surface area contributed by atoms with Gasteiger partial charge in [0.2, 0.25) is 5.91 Å². The van der Waals surface area contributed by atoms with Gasteiger partial charge in [-0.15, -0.1) is 10.2 Å². The van der Waals surface area contributed by atoms with E-state index in [1.165, 1.54) is 38.5 Å². The number of hydrogen-bond donors (Lipinski definition) is 2. The van der Waals surface area contributed by atoms with E-state index in [0.717, 1.165) is 45.9 Å². The largest absolute Gasteiger partial charge is 0.494 e. The van der Waals surface area contributed by atoms with Gasteiger partial charge in [0.25, 0.3) is 0 Å². The summed E-state index contributed by atoms with van der Waals surface area (Å²) in [5.74, 6) is 3.36. The molecule has 35 heavy (non-hydrogen) atoms. The molecule has 0 spiro atoms. The highest BCUT2D eigenvalue weighted by Crippen LogP contribution is 2.61. The van der Waals surface area contributed by atoms with E-state index in [4.69, 9.17) is 17.0 Å². The summed E-state index contributed by atoms with van der Waals surface area (Å²) in [6.45, 7) is 2.59. The first-order valence-electron chi connectivity index (χ1n) is 12.7. The maximum Gasteiger partial charge on any atom is 0.226 e. The van der Waals surface area contributed by atoms with Crippen molar-refractivity contribution in [3.8, 4) is 11.4 Å². The maximum absolute atomic E-state index is 12.9. The molecule has 8 heteroatoms. The topological polar surface area (TPSA) is 81.1 Å². The van der Waals surface area contributed by atoms with Crippen molar-refractivity contribution in [3.63, 3.8) is 0 Å². The number of hydrogen-bond acceptors (Lipinski definition) is 5. The number of carbonyl (C=O) groups excluding carboxylic acids is 1. The molecule has 182 valence electrons. The van der Waals surface area contributed by atoms with Crippen LogP contribution >= 0.6 is 12.2 Å². The molecule has 2 N–H and O–H groups in total. The molecule has 7 nitrogen and oxygen atoms in total. The van der Waals surface area contributed by atoms with Gasteiger partial charge in [-0.05, 0) is 123 Å². The van der Waals surface area contributed by atoms with E-state index in [-0.39, 0.29) is 11.3 Å². The SMILES string of the molecule is CCOc1ccc(-n2nc3ccc(NC(=S)NC(=O)CC45CC6CC(CC(C6)C4)C5)cc3n2)cc1. The first-order valence-corrected chi connectivity index (χ1v) is 13.1. The predicted molar refractivity (Wildman–Crippen MR) is 140 cm³/mol. The lowest BCUT2D eigenvalue weighted by atomic mass is 9.49. The van der Waals surface area contributed by atoms with Crippen LogP contribution in [0.2, 0.25) is 0 Å². The van der Waals surface area contributed by atoms with Crippen LogP contribution < -0.4 is 15.4 Å². The molecule has 3 aromatic rings. The number of aromatic nitrogens is 3. The van der Waals surface area contributed by atoms with Gasteiger partial charge in [-0.1, -0.05) is 0 Å². The molecule has 0 atom stereocenters.